The van der Waals surface area contributed by atoms with Crippen LogP contribution in [0.1, 0.15) is 12.8 Å². The normalized spacial score (nSPS) is 11.3. The lowest BCUT2D eigenvalue weighted by Crippen LogP contribution is -2.18. The van der Waals surface area contributed by atoms with Crippen LogP contribution < -0.4 is 14.8 Å². The Balaban J connectivity index is 2.67. The highest BCUT2D eigenvalue weighted by Crippen LogP contribution is 2.28. The molecule has 0 unspecified atom stereocenters. The van der Waals surface area contributed by atoms with Crippen molar-refractivity contribution >= 4 is 31.6 Å². The zero-order valence-electron chi connectivity index (χ0n) is 11.1. The highest BCUT2D eigenvalue weighted by atomic mass is 79.9. The fourth-order valence-corrected chi connectivity index (χ4v) is 3.19. The van der Waals surface area contributed by atoms with Crippen molar-refractivity contribution in [3.8, 4) is 5.75 Å². The van der Waals surface area contributed by atoms with E-state index in [0.29, 0.717) is 22.3 Å². The first-order valence-electron chi connectivity index (χ1n) is 5.97. The van der Waals surface area contributed by atoms with Crippen LogP contribution in [0.3, 0.4) is 0 Å². The van der Waals surface area contributed by atoms with Gasteiger partial charge in [0.15, 0.2) is 0 Å². The summed E-state index contributed by atoms with van der Waals surface area (Å²) in [6, 6.07) is 5.15. The highest BCUT2D eigenvalue weighted by Gasteiger charge is 2.12. The maximum Gasteiger partial charge on any atom is 0.232 e. The Kier molecular flexibility index (Phi) is 6.60. The van der Waals surface area contributed by atoms with E-state index < -0.39 is 10.0 Å². The maximum absolute atomic E-state index is 11.9. The number of sulfonamides is 1. The summed E-state index contributed by atoms with van der Waals surface area (Å²) in [5, 5.41) is 2.99. The minimum Gasteiger partial charge on any atom is -0.497 e. The number of unbranched alkanes of at least 4 members (excludes halogenated alkanes) is 1. The van der Waals surface area contributed by atoms with Gasteiger partial charge in [0.05, 0.1) is 18.6 Å². The highest BCUT2D eigenvalue weighted by molar-refractivity contribution is 9.10. The van der Waals surface area contributed by atoms with Crippen molar-refractivity contribution in [2.75, 3.05) is 31.2 Å². The molecule has 0 spiro atoms. The monoisotopic (exact) mass is 350 g/mol. The van der Waals surface area contributed by atoms with Crippen LogP contribution in [0.4, 0.5) is 5.69 Å². The second-order valence-corrected chi connectivity index (χ2v) is 6.77. The summed E-state index contributed by atoms with van der Waals surface area (Å²) >= 11 is 3.31. The van der Waals surface area contributed by atoms with Crippen molar-refractivity contribution in [2.24, 2.45) is 0 Å². The Morgan fingerprint density at radius 3 is 2.68 bits per heavy atom. The molecule has 5 nitrogen and oxygen atoms in total. The molecule has 0 heterocycles. The molecular weight excluding hydrogens is 332 g/mol. The molecule has 108 valence electrons. The topological polar surface area (TPSA) is 67.4 Å². The summed E-state index contributed by atoms with van der Waals surface area (Å²) < 4.78 is 32.2. The zero-order chi connectivity index (χ0) is 14.3. The zero-order valence-corrected chi connectivity index (χ0v) is 13.5. The summed E-state index contributed by atoms with van der Waals surface area (Å²) in [7, 11) is 0.0624. The summed E-state index contributed by atoms with van der Waals surface area (Å²) in [5.41, 5.74) is 0.493. The van der Waals surface area contributed by atoms with Gasteiger partial charge < -0.3 is 10.1 Å². The quantitative estimate of drug-likeness (QED) is 0.705. The molecule has 19 heavy (non-hydrogen) atoms. The van der Waals surface area contributed by atoms with Crippen molar-refractivity contribution < 1.29 is 13.2 Å². The van der Waals surface area contributed by atoms with Gasteiger partial charge in [0.25, 0.3) is 0 Å². The lowest BCUT2D eigenvalue weighted by Gasteiger charge is -2.11. The molecule has 1 aromatic rings. The van der Waals surface area contributed by atoms with Gasteiger partial charge in [-0.2, -0.15) is 0 Å². The van der Waals surface area contributed by atoms with E-state index >= 15 is 0 Å². The van der Waals surface area contributed by atoms with E-state index in [4.69, 9.17) is 4.74 Å². The van der Waals surface area contributed by atoms with Crippen LogP contribution in [0.2, 0.25) is 0 Å². The van der Waals surface area contributed by atoms with E-state index in [1.54, 1.807) is 25.3 Å². The van der Waals surface area contributed by atoms with Crippen molar-refractivity contribution in [3.63, 3.8) is 0 Å². The van der Waals surface area contributed by atoms with Crippen molar-refractivity contribution in [1.29, 1.82) is 0 Å². The average Bonchev–Trinajstić information content (AvgIpc) is 2.37. The van der Waals surface area contributed by atoms with Crippen LogP contribution in [-0.2, 0) is 10.0 Å². The van der Waals surface area contributed by atoms with E-state index in [2.05, 4.69) is 26.0 Å². The molecule has 0 bridgehead atoms. The molecule has 2 N–H and O–H groups in total. The summed E-state index contributed by atoms with van der Waals surface area (Å²) in [4.78, 5) is 0. The van der Waals surface area contributed by atoms with Crippen LogP contribution in [0.5, 0.6) is 5.75 Å². The summed E-state index contributed by atoms with van der Waals surface area (Å²) in [6.45, 7) is 0.818. The molecule has 0 amide bonds. The minimum atomic E-state index is -3.33. The summed E-state index contributed by atoms with van der Waals surface area (Å²) in [6.07, 6.45) is 1.45. The van der Waals surface area contributed by atoms with Crippen LogP contribution >= 0.6 is 15.9 Å². The van der Waals surface area contributed by atoms with Crippen molar-refractivity contribution in [3.05, 3.63) is 22.7 Å². The van der Waals surface area contributed by atoms with E-state index in [1.165, 1.54) is 0 Å². The Bertz CT molecular complexity index is 506. The molecule has 0 aliphatic rings. The number of ether oxygens (including phenoxy) is 1. The van der Waals surface area contributed by atoms with E-state index in [9.17, 15) is 8.42 Å². The molecule has 0 atom stereocenters. The van der Waals surface area contributed by atoms with Gasteiger partial charge in [0.2, 0.25) is 10.0 Å². The number of nitrogens with one attached hydrogen (secondary N) is 2. The number of anilines is 1. The molecule has 1 aromatic carbocycles. The second kappa shape index (κ2) is 7.72. The van der Waals surface area contributed by atoms with E-state index in [1.807, 2.05) is 7.05 Å². The standard InChI is InChI=1S/C12H19BrN2O3S/c1-14-7-3-4-8-19(16,17)15-12-9-10(18-2)5-6-11(12)13/h5-6,9,14-15H,3-4,7-8H2,1-2H3. The fourth-order valence-electron chi connectivity index (χ4n) is 1.52. The van der Waals surface area contributed by atoms with E-state index in [-0.39, 0.29) is 5.75 Å². The molecule has 0 saturated carbocycles. The maximum atomic E-state index is 11.9. The smallest absolute Gasteiger partial charge is 0.232 e. The van der Waals surface area contributed by atoms with Crippen LogP contribution in [0.25, 0.3) is 0 Å². The molecule has 0 fully saturated rings. The number of hydrogen-bond donors (Lipinski definition) is 2. The van der Waals surface area contributed by atoms with Gasteiger partial charge >= 0.3 is 0 Å². The first-order chi connectivity index (χ1) is 8.98. The number of hydrogen-bond acceptors (Lipinski definition) is 4. The van der Waals surface area contributed by atoms with Crippen molar-refractivity contribution in [1.82, 2.24) is 5.32 Å². The number of methoxy groups -OCH3 is 1. The first kappa shape index (κ1) is 16.3. The van der Waals surface area contributed by atoms with E-state index in [0.717, 1.165) is 13.0 Å². The number of rotatable bonds is 8. The molecule has 1 rings (SSSR count). The molecular formula is C12H19BrN2O3S. The lowest BCUT2D eigenvalue weighted by molar-refractivity contribution is 0.415. The number of halogens is 1. The fraction of sp³-hybridized carbons (Fsp3) is 0.500. The number of benzene rings is 1. The second-order valence-electron chi connectivity index (χ2n) is 4.08. The van der Waals surface area contributed by atoms with Crippen molar-refractivity contribution in [2.45, 2.75) is 12.8 Å². The van der Waals surface area contributed by atoms with Crippen LogP contribution in [0, 0.1) is 0 Å². The third-order valence-corrected chi connectivity index (χ3v) is 4.58. The largest absolute Gasteiger partial charge is 0.497 e. The predicted octanol–water partition coefficient (Wildman–Crippen LogP) is 2.20. The average molecular weight is 351 g/mol. The Morgan fingerprint density at radius 2 is 2.05 bits per heavy atom. The third-order valence-electron chi connectivity index (χ3n) is 2.53. The Hall–Kier alpha value is -0.790. The minimum absolute atomic E-state index is 0.109. The first-order valence-corrected chi connectivity index (χ1v) is 8.41. The van der Waals surface area contributed by atoms with Gasteiger partial charge in [-0.05, 0) is 54.5 Å². The molecule has 7 heteroatoms. The van der Waals surface area contributed by atoms with Gasteiger partial charge in [-0.3, -0.25) is 4.72 Å². The van der Waals surface area contributed by atoms with Gasteiger partial charge in [-0.15, -0.1) is 0 Å². The van der Waals surface area contributed by atoms with Crippen LogP contribution in [-0.4, -0.2) is 34.9 Å². The molecule has 0 aliphatic heterocycles. The summed E-state index contributed by atoms with van der Waals surface area (Å²) in [5.74, 6) is 0.717. The third kappa shape index (κ3) is 5.80. The molecule has 0 saturated heterocycles. The molecule has 0 aromatic heterocycles. The predicted molar refractivity (Wildman–Crippen MR) is 81.3 cm³/mol. The van der Waals surface area contributed by atoms with Gasteiger partial charge in [0.1, 0.15) is 5.75 Å². The SMILES string of the molecule is CNCCCCS(=O)(=O)Nc1cc(OC)ccc1Br. The van der Waals surface area contributed by atoms with Gasteiger partial charge in [-0.25, -0.2) is 8.42 Å². The van der Waals surface area contributed by atoms with Gasteiger partial charge in [-0.1, -0.05) is 0 Å². The van der Waals surface area contributed by atoms with Crippen LogP contribution in [0.15, 0.2) is 22.7 Å². The van der Waals surface area contributed by atoms with Gasteiger partial charge in [0, 0.05) is 10.5 Å². The Morgan fingerprint density at radius 1 is 1.32 bits per heavy atom. The molecule has 0 radical (unpaired) electrons. The lowest BCUT2D eigenvalue weighted by atomic mass is 10.3. The molecule has 0 aliphatic carbocycles. The Labute approximate surface area is 122 Å².